The minimum Gasteiger partial charge on any atom is -0.477 e. The van der Waals surface area contributed by atoms with Gasteiger partial charge in [0.15, 0.2) is 0 Å². The van der Waals surface area contributed by atoms with Crippen molar-refractivity contribution in [3.8, 4) is 0 Å². The van der Waals surface area contributed by atoms with E-state index in [1.807, 2.05) is 30.3 Å². The van der Waals surface area contributed by atoms with Gasteiger partial charge in [-0.15, -0.1) is 11.3 Å². The second kappa shape index (κ2) is 6.15. The predicted molar refractivity (Wildman–Crippen MR) is 74.7 cm³/mol. The molecule has 1 aromatic heterocycles. The molecule has 1 aromatic carbocycles. The monoisotopic (exact) mass is 275 g/mol. The lowest BCUT2D eigenvalue weighted by molar-refractivity contribution is 0.0702. The summed E-state index contributed by atoms with van der Waals surface area (Å²) in [5.41, 5.74) is 1.71. The molecule has 0 spiro atoms. The van der Waals surface area contributed by atoms with Crippen molar-refractivity contribution < 1.29 is 14.7 Å². The summed E-state index contributed by atoms with van der Waals surface area (Å²) in [5, 5.41) is 12.8. The second-order valence-corrected chi connectivity index (χ2v) is 4.99. The normalized spacial score (nSPS) is 11.3. The quantitative estimate of drug-likeness (QED) is 0.672. The van der Waals surface area contributed by atoms with Crippen molar-refractivity contribution in [3.63, 3.8) is 0 Å². The van der Waals surface area contributed by atoms with Crippen molar-refractivity contribution >= 4 is 23.0 Å². The van der Waals surface area contributed by atoms with Crippen LogP contribution in [-0.4, -0.2) is 16.8 Å². The Kier molecular flexibility index (Phi) is 4.30. The first-order valence-electron chi connectivity index (χ1n) is 5.71. The van der Waals surface area contributed by atoms with Crippen molar-refractivity contribution in [1.82, 2.24) is 0 Å². The number of rotatable bonds is 5. The molecule has 2 rings (SSSR count). The van der Waals surface area contributed by atoms with Crippen molar-refractivity contribution in [3.05, 3.63) is 57.8 Å². The standard InChI is InChI=1S/C14H13NO3S/c1-10(12-7-8-13(19-12)14(16)17)15-18-9-11-5-3-2-4-6-11/h2-8H,9H2,1H3,(H,16,17). The fourth-order valence-electron chi connectivity index (χ4n) is 1.47. The van der Waals surface area contributed by atoms with Gasteiger partial charge < -0.3 is 9.94 Å². The van der Waals surface area contributed by atoms with Crippen LogP contribution in [0.3, 0.4) is 0 Å². The summed E-state index contributed by atoms with van der Waals surface area (Å²) < 4.78 is 0. The Bertz CT molecular complexity index is 590. The number of aromatic carboxylic acids is 1. The topological polar surface area (TPSA) is 58.9 Å². The molecule has 1 N–H and O–H groups in total. The number of carbonyl (C=O) groups is 1. The van der Waals surface area contributed by atoms with Gasteiger partial charge in [0.2, 0.25) is 0 Å². The summed E-state index contributed by atoms with van der Waals surface area (Å²) in [6, 6.07) is 13.0. The molecule has 0 amide bonds. The lowest BCUT2D eigenvalue weighted by Gasteiger charge is -2.00. The fourth-order valence-corrected chi connectivity index (χ4v) is 2.25. The van der Waals surface area contributed by atoms with Gasteiger partial charge in [0.05, 0.1) is 10.6 Å². The van der Waals surface area contributed by atoms with E-state index in [0.29, 0.717) is 17.2 Å². The molecular formula is C14H13NO3S. The highest BCUT2D eigenvalue weighted by Gasteiger charge is 2.08. The van der Waals surface area contributed by atoms with E-state index in [2.05, 4.69) is 5.16 Å². The number of carboxylic acid groups (broad SMARTS) is 1. The van der Waals surface area contributed by atoms with Gasteiger partial charge in [-0.05, 0) is 24.6 Å². The van der Waals surface area contributed by atoms with Crippen LogP contribution in [-0.2, 0) is 11.4 Å². The van der Waals surface area contributed by atoms with Gasteiger partial charge in [-0.25, -0.2) is 4.79 Å². The summed E-state index contributed by atoms with van der Waals surface area (Å²) in [6.07, 6.45) is 0. The Labute approximate surface area is 115 Å². The maximum atomic E-state index is 10.8. The van der Waals surface area contributed by atoms with Crippen LogP contribution < -0.4 is 0 Å². The van der Waals surface area contributed by atoms with E-state index in [1.54, 1.807) is 19.1 Å². The Balaban J connectivity index is 1.97. The van der Waals surface area contributed by atoms with Crippen LogP contribution in [0.5, 0.6) is 0 Å². The number of carboxylic acids is 1. The summed E-state index contributed by atoms with van der Waals surface area (Å²) in [7, 11) is 0. The minimum atomic E-state index is -0.922. The molecule has 4 nitrogen and oxygen atoms in total. The molecule has 98 valence electrons. The van der Waals surface area contributed by atoms with Crippen molar-refractivity contribution in [2.45, 2.75) is 13.5 Å². The van der Waals surface area contributed by atoms with Crippen LogP contribution in [0.15, 0.2) is 47.6 Å². The van der Waals surface area contributed by atoms with Crippen molar-refractivity contribution in [2.75, 3.05) is 0 Å². The maximum absolute atomic E-state index is 10.8. The number of hydrogen-bond donors (Lipinski definition) is 1. The molecule has 0 aliphatic rings. The summed E-state index contributed by atoms with van der Waals surface area (Å²) >= 11 is 1.19. The van der Waals surface area contributed by atoms with E-state index < -0.39 is 5.97 Å². The average molecular weight is 275 g/mol. The summed E-state index contributed by atoms with van der Waals surface area (Å²) in [6.45, 7) is 2.19. The molecule has 19 heavy (non-hydrogen) atoms. The zero-order chi connectivity index (χ0) is 13.7. The van der Waals surface area contributed by atoms with Gasteiger partial charge in [-0.1, -0.05) is 35.5 Å². The Morgan fingerprint density at radius 3 is 2.53 bits per heavy atom. The first-order valence-corrected chi connectivity index (χ1v) is 6.52. The van der Waals surface area contributed by atoms with E-state index in [4.69, 9.17) is 9.94 Å². The lowest BCUT2D eigenvalue weighted by Crippen LogP contribution is -1.94. The van der Waals surface area contributed by atoms with Crippen LogP contribution in [0.2, 0.25) is 0 Å². The zero-order valence-corrected chi connectivity index (χ0v) is 11.2. The highest BCUT2D eigenvalue weighted by Crippen LogP contribution is 2.17. The molecular weight excluding hydrogens is 262 g/mol. The van der Waals surface area contributed by atoms with E-state index in [-0.39, 0.29) is 0 Å². The Hall–Kier alpha value is -2.14. The highest BCUT2D eigenvalue weighted by molar-refractivity contribution is 7.15. The molecule has 0 bridgehead atoms. The summed E-state index contributed by atoms with van der Waals surface area (Å²) in [5.74, 6) is -0.922. The first kappa shape index (κ1) is 13.3. The molecule has 1 heterocycles. The third-order valence-electron chi connectivity index (χ3n) is 2.45. The molecule has 0 atom stereocenters. The van der Waals surface area contributed by atoms with Gasteiger partial charge in [-0.2, -0.15) is 0 Å². The van der Waals surface area contributed by atoms with E-state index in [9.17, 15) is 4.79 Å². The van der Waals surface area contributed by atoms with E-state index in [1.165, 1.54) is 11.3 Å². The minimum absolute atomic E-state index is 0.299. The number of nitrogens with zero attached hydrogens (tertiary/aromatic N) is 1. The second-order valence-electron chi connectivity index (χ2n) is 3.90. The molecule has 0 aliphatic carbocycles. The van der Waals surface area contributed by atoms with Crippen LogP contribution in [0.25, 0.3) is 0 Å². The molecule has 5 heteroatoms. The first-order chi connectivity index (χ1) is 9.16. The smallest absolute Gasteiger partial charge is 0.345 e. The van der Waals surface area contributed by atoms with Gasteiger partial charge in [0.25, 0.3) is 0 Å². The maximum Gasteiger partial charge on any atom is 0.345 e. The molecule has 0 saturated heterocycles. The van der Waals surface area contributed by atoms with Crippen LogP contribution in [0.1, 0.15) is 27.0 Å². The van der Waals surface area contributed by atoms with Crippen LogP contribution in [0.4, 0.5) is 0 Å². The number of thiophene rings is 1. The predicted octanol–water partition coefficient (Wildman–Crippen LogP) is 3.39. The highest BCUT2D eigenvalue weighted by atomic mass is 32.1. The van der Waals surface area contributed by atoms with Gasteiger partial charge in [-0.3, -0.25) is 0 Å². The molecule has 0 saturated carbocycles. The number of benzene rings is 1. The van der Waals surface area contributed by atoms with Crippen molar-refractivity contribution in [1.29, 1.82) is 0 Å². The zero-order valence-electron chi connectivity index (χ0n) is 10.4. The number of oxime groups is 1. The fraction of sp³-hybridized carbons (Fsp3) is 0.143. The third-order valence-corrected chi connectivity index (χ3v) is 3.63. The van der Waals surface area contributed by atoms with E-state index in [0.717, 1.165) is 10.4 Å². The Morgan fingerprint density at radius 2 is 1.89 bits per heavy atom. The van der Waals surface area contributed by atoms with Gasteiger partial charge in [0, 0.05) is 0 Å². The molecule has 0 fully saturated rings. The third kappa shape index (κ3) is 3.66. The molecule has 0 aliphatic heterocycles. The average Bonchev–Trinajstić information content (AvgIpc) is 2.89. The molecule has 0 unspecified atom stereocenters. The largest absolute Gasteiger partial charge is 0.477 e. The van der Waals surface area contributed by atoms with Crippen molar-refractivity contribution in [2.24, 2.45) is 5.16 Å². The van der Waals surface area contributed by atoms with Crippen LogP contribution >= 0.6 is 11.3 Å². The van der Waals surface area contributed by atoms with Gasteiger partial charge >= 0.3 is 5.97 Å². The van der Waals surface area contributed by atoms with Gasteiger partial charge in [0.1, 0.15) is 11.5 Å². The Morgan fingerprint density at radius 1 is 1.21 bits per heavy atom. The SMILES string of the molecule is CC(=NOCc1ccccc1)c1ccc(C(=O)O)s1. The summed E-state index contributed by atoms with van der Waals surface area (Å²) in [4.78, 5) is 17.1. The molecule has 2 aromatic rings. The lowest BCUT2D eigenvalue weighted by atomic mass is 10.2. The van der Waals surface area contributed by atoms with Crippen LogP contribution in [0, 0.1) is 0 Å². The molecule has 0 radical (unpaired) electrons. The number of hydrogen-bond acceptors (Lipinski definition) is 4. The van der Waals surface area contributed by atoms with E-state index >= 15 is 0 Å².